The maximum absolute atomic E-state index is 12.4. The second kappa shape index (κ2) is 5.59. The van der Waals surface area contributed by atoms with Crippen molar-refractivity contribution in [2.75, 3.05) is 19.6 Å². The third-order valence-corrected chi connectivity index (χ3v) is 4.09. The van der Waals surface area contributed by atoms with Gasteiger partial charge < -0.3 is 14.9 Å². The van der Waals surface area contributed by atoms with Crippen LogP contribution in [0.5, 0.6) is 0 Å². The number of urea groups is 1. The van der Waals surface area contributed by atoms with Crippen molar-refractivity contribution in [1.29, 1.82) is 0 Å². The summed E-state index contributed by atoms with van der Waals surface area (Å²) >= 11 is 0. The Hall–Kier alpha value is -1.26. The molecule has 0 radical (unpaired) electrons. The fourth-order valence-corrected chi connectivity index (χ4v) is 2.80. The Morgan fingerprint density at radius 2 is 1.72 bits per heavy atom. The Kier molecular flexibility index (Phi) is 4.09. The Balaban J connectivity index is 2.00. The Morgan fingerprint density at radius 3 is 2.33 bits per heavy atom. The van der Waals surface area contributed by atoms with Crippen molar-refractivity contribution in [3.63, 3.8) is 0 Å². The fourth-order valence-electron chi connectivity index (χ4n) is 2.80. The molecule has 2 heterocycles. The minimum absolute atomic E-state index is 0.0750. The van der Waals surface area contributed by atoms with Gasteiger partial charge in [-0.2, -0.15) is 0 Å². The van der Waals surface area contributed by atoms with E-state index in [4.69, 9.17) is 0 Å². The number of hydrogen-bond acceptors (Lipinski definition) is 2. The van der Waals surface area contributed by atoms with Gasteiger partial charge in [0.2, 0.25) is 0 Å². The molecule has 102 valence electrons. The normalized spacial score (nSPS) is 26.2. The van der Waals surface area contributed by atoms with Gasteiger partial charge in [0.05, 0.1) is 0 Å². The monoisotopic (exact) mass is 254 g/mol. The zero-order valence-electron chi connectivity index (χ0n) is 11.0. The number of aliphatic carboxylic acids is 1. The maximum Gasteiger partial charge on any atom is 0.326 e. The molecule has 0 saturated carbocycles. The summed E-state index contributed by atoms with van der Waals surface area (Å²) < 4.78 is 0. The van der Waals surface area contributed by atoms with Crippen LogP contribution in [0.1, 0.15) is 39.0 Å². The highest BCUT2D eigenvalue weighted by atomic mass is 16.4. The first-order chi connectivity index (χ1) is 8.59. The molecule has 0 aromatic rings. The van der Waals surface area contributed by atoms with Crippen molar-refractivity contribution >= 4 is 12.0 Å². The van der Waals surface area contributed by atoms with Crippen molar-refractivity contribution in [1.82, 2.24) is 9.80 Å². The highest BCUT2D eigenvalue weighted by molar-refractivity contribution is 5.83. The third kappa shape index (κ3) is 2.76. The van der Waals surface area contributed by atoms with Gasteiger partial charge in [0.1, 0.15) is 6.04 Å². The number of carbonyl (C=O) groups is 2. The summed E-state index contributed by atoms with van der Waals surface area (Å²) in [6.07, 6.45) is 4.46. The quantitative estimate of drug-likeness (QED) is 0.776. The van der Waals surface area contributed by atoms with Crippen LogP contribution in [0.4, 0.5) is 4.79 Å². The molecule has 0 bridgehead atoms. The summed E-state index contributed by atoms with van der Waals surface area (Å²) in [5.74, 6) is -0.195. The molecule has 0 spiro atoms. The highest BCUT2D eigenvalue weighted by Crippen LogP contribution is 2.22. The molecule has 2 aliphatic heterocycles. The number of nitrogens with zero attached hydrogens (tertiary/aromatic N) is 2. The second-order valence-corrected chi connectivity index (χ2v) is 5.50. The van der Waals surface area contributed by atoms with E-state index in [9.17, 15) is 14.7 Å². The molecule has 18 heavy (non-hydrogen) atoms. The molecule has 2 aliphatic rings. The SMILES string of the molecule is CC1CCN(C(=O)N2CCCC[C@H]2C(=O)O)CC1. The fraction of sp³-hybridized carbons (Fsp3) is 0.846. The lowest BCUT2D eigenvalue weighted by atomic mass is 9.99. The van der Waals surface area contributed by atoms with E-state index in [1.807, 2.05) is 4.90 Å². The van der Waals surface area contributed by atoms with Crippen LogP contribution in [0.2, 0.25) is 0 Å². The van der Waals surface area contributed by atoms with Crippen molar-refractivity contribution < 1.29 is 14.7 Å². The molecule has 0 aromatic heterocycles. The molecule has 2 amide bonds. The molecular weight excluding hydrogens is 232 g/mol. The van der Waals surface area contributed by atoms with E-state index < -0.39 is 12.0 Å². The number of rotatable bonds is 1. The molecular formula is C13H22N2O3. The van der Waals surface area contributed by atoms with Crippen LogP contribution in [0.25, 0.3) is 0 Å². The van der Waals surface area contributed by atoms with Crippen LogP contribution in [0, 0.1) is 5.92 Å². The number of hydrogen-bond donors (Lipinski definition) is 1. The highest BCUT2D eigenvalue weighted by Gasteiger charge is 2.35. The van der Waals surface area contributed by atoms with Crippen LogP contribution in [-0.4, -0.2) is 52.6 Å². The smallest absolute Gasteiger partial charge is 0.326 e. The van der Waals surface area contributed by atoms with E-state index in [0.29, 0.717) is 18.9 Å². The van der Waals surface area contributed by atoms with Gasteiger partial charge in [0, 0.05) is 19.6 Å². The minimum atomic E-state index is -0.867. The average Bonchev–Trinajstić information content (AvgIpc) is 2.39. The van der Waals surface area contributed by atoms with E-state index in [0.717, 1.165) is 38.8 Å². The molecule has 0 aliphatic carbocycles. The topological polar surface area (TPSA) is 60.9 Å². The van der Waals surface area contributed by atoms with Crippen molar-refractivity contribution in [2.24, 2.45) is 5.92 Å². The van der Waals surface area contributed by atoms with Gasteiger partial charge in [-0.25, -0.2) is 9.59 Å². The third-order valence-electron chi connectivity index (χ3n) is 4.09. The first kappa shape index (κ1) is 13.2. The standard InChI is InChI=1S/C13H22N2O3/c1-10-5-8-14(9-6-10)13(18)15-7-3-2-4-11(15)12(16)17/h10-11H,2-9H2,1H3,(H,16,17)/t11-/m0/s1. The predicted molar refractivity (Wildman–Crippen MR) is 67.3 cm³/mol. The van der Waals surface area contributed by atoms with Crippen LogP contribution in [0.15, 0.2) is 0 Å². The summed E-state index contributed by atoms with van der Waals surface area (Å²) in [6.45, 7) is 4.32. The Morgan fingerprint density at radius 1 is 1.06 bits per heavy atom. The number of carboxylic acids is 1. The summed E-state index contributed by atoms with van der Waals surface area (Å²) in [5, 5.41) is 9.19. The molecule has 2 fully saturated rings. The van der Waals surface area contributed by atoms with E-state index in [2.05, 4.69) is 6.92 Å². The van der Waals surface area contributed by atoms with E-state index in [1.165, 1.54) is 0 Å². The van der Waals surface area contributed by atoms with Gasteiger partial charge >= 0.3 is 12.0 Å². The molecule has 2 rings (SSSR count). The number of carbonyl (C=O) groups excluding carboxylic acids is 1. The second-order valence-electron chi connectivity index (χ2n) is 5.50. The van der Waals surface area contributed by atoms with Gasteiger partial charge in [0.15, 0.2) is 0 Å². The van der Waals surface area contributed by atoms with E-state index >= 15 is 0 Å². The van der Waals surface area contributed by atoms with Crippen LogP contribution >= 0.6 is 0 Å². The summed E-state index contributed by atoms with van der Waals surface area (Å²) in [6, 6.07) is -0.695. The average molecular weight is 254 g/mol. The van der Waals surface area contributed by atoms with E-state index in [-0.39, 0.29) is 6.03 Å². The number of amides is 2. The van der Waals surface area contributed by atoms with Gasteiger partial charge in [-0.1, -0.05) is 6.92 Å². The molecule has 0 unspecified atom stereocenters. The lowest BCUT2D eigenvalue weighted by Gasteiger charge is -2.39. The zero-order valence-corrected chi connectivity index (χ0v) is 11.0. The van der Waals surface area contributed by atoms with Crippen LogP contribution in [-0.2, 0) is 4.79 Å². The summed E-state index contributed by atoms with van der Waals surface area (Å²) in [4.78, 5) is 26.9. The van der Waals surface area contributed by atoms with Gasteiger partial charge in [-0.15, -0.1) is 0 Å². The molecule has 1 atom stereocenters. The number of carboxylic acid groups (broad SMARTS) is 1. The Bertz CT molecular complexity index is 324. The van der Waals surface area contributed by atoms with Crippen LogP contribution < -0.4 is 0 Å². The number of piperidine rings is 2. The van der Waals surface area contributed by atoms with Crippen molar-refractivity contribution in [3.05, 3.63) is 0 Å². The molecule has 2 saturated heterocycles. The van der Waals surface area contributed by atoms with Gasteiger partial charge in [-0.05, 0) is 38.0 Å². The lowest BCUT2D eigenvalue weighted by molar-refractivity contribution is -0.143. The minimum Gasteiger partial charge on any atom is -0.480 e. The maximum atomic E-state index is 12.4. The molecule has 5 heteroatoms. The first-order valence-electron chi connectivity index (χ1n) is 6.88. The summed E-state index contributed by atoms with van der Waals surface area (Å²) in [7, 11) is 0. The van der Waals surface area contributed by atoms with Crippen molar-refractivity contribution in [2.45, 2.75) is 45.1 Å². The van der Waals surface area contributed by atoms with Crippen molar-refractivity contribution in [3.8, 4) is 0 Å². The molecule has 0 aromatic carbocycles. The molecule has 1 N–H and O–H groups in total. The lowest BCUT2D eigenvalue weighted by Crippen LogP contribution is -2.54. The van der Waals surface area contributed by atoms with Gasteiger partial charge in [-0.3, -0.25) is 0 Å². The zero-order chi connectivity index (χ0) is 13.1. The summed E-state index contributed by atoms with van der Waals surface area (Å²) in [5.41, 5.74) is 0. The predicted octanol–water partition coefficient (Wildman–Crippen LogP) is 1.78. The van der Waals surface area contributed by atoms with Gasteiger partial charge in [0.25, 0.3) is 0 Å². The first-order valence-corrected chi connectivity index (χ1v) is 6.88. The van der Waals surface area contributed by atoms with E-state index in [1.54, 1.807) is 4.90 Å². The Labute approximate surface area is 108 Å². The largest absolute Gasteiger partial charge is 0.480 e. The molecule has 5 nitrogen and oxygen atoms in total. The number of likely N-dealkylation sites (tertiary alicyclic amines) is 2. The van der Waals surface area contributed by atoms with Crippen LogP contribution in [0.3, 0.4) is 0 Å².